The van der Waals surface area contributed by atoms with Crippen LogP contribution in [0.3, 0.4) is 0 Å². The second-order valence-electron chi connectivity index (χ2n) is 4.07. The van der Waals surface area contributed by atoms with E-state index in [2.05, 4.69) is 0 Å². The molecule has 1 aromatic carbocycles. The first kappa shape index (κ1) is 14.9. The highest BCUT2D eigenvalue weighted by Gasteiger charge is 2.15. The van der Waals surface area contributed by atoms with Gasteiger partial charge in [-0.1, -0.05) is 25.1 Å². The van der Waals surface area contributed by atoms with Crippen LogP contribution in [0.1, 0.15) is 21.5 Å². The molecule has 0 radical (unpaired) electrons. The van der Waals surface area contributed by atoms with Crippen LogP contribution in [0.5, 0.6) is 5.75 Å². The Morgan fingerprint density at radius 1 is 1.35 bits per heavy atom. The van der Waals surface area contributed by atoms with Crippen molar-refractivity contribution in [1.29, 1.82) is 0 Å². The van der Waals surface area contributed by atoms with Gasteiger partial charge in [-0.15, -0.1) is 23.1 Å². The fourth-order valence-electron chi connectivity index (χ4n) is 1.68. The number of hydrogen-bond acceptors (Lipinski definition) is 4. The van der Waals surface area contributed by atoms with E-state index in [1.807, 2.05) is 43.3 Å². The number of thioether (sulfide) groups is 1. The Labute approximate surface area is 126 Å². The Bertz CT molecular complexity index is 564. The van der Waals surface area contributed by atoms with Crippen molar-refractivity contribution in [3.8, 4) is 5.75 Å². The zero-order chi connectivity index (χ0) is 14.4. The minimum atomic E-state index is -0.916. The number of ether oxygens (including phenoxy) is 1. The zero-order valence-electron chi connectivity index (χ0n) is 11.2. The standard InChI is InChI=1S/C15H16O3S2/c1-2-11-10-13(14(20-11)15(16)17)18-8-9-19-12-6-4-3-5-7-12/h3-7,10H,2,8-9H2,1H3,(H,16,17). The van der Waals surface area contributed by atoms with E-state index in [0.717, 1.165) is 17.1 Å². The fourth-order valence-corrected chi connectivity index (χ4v) is 3.31. The first-order valence-corrected chi connectivity index (χ1v) is 8.17. The summed E-state index contributed by atoms with van der Waals surface area (Å²) in [7, 11) is 0. The van der Waals surface area contributed by atoms with Crippen molar-refractivity contribution < 1.29 is 14.6 Å². The van der Waals surface area contributed by atoms with Crippen LogP contribution in [-0.4, -0.2) is 23.4 Å². The monoisotopic (exact) mass is 308 g/mol. The molecule has 2 aromatic rings. The molecule has 20 heavy (non-hydrogen) atoms. The molecule has 3 nitrogen and oxygen atoms in total. The molecule has 0 amide bonds. The predicted octanol–water partition coefficient (Wildman–Crippen LogP) is 4.18. The molecule has 0 saturated heterocycles. The van der Waals surface area contributed by atoms with Crippen LogP contribution in [0, 0.1) is 0 Å². The molecule has 0 bridgehead atoms. The van der Waals surface area contributed by atoms with E-state index in [1.165, 1.54) is 16.2 Å². The van der Waals surface area contributed by atoms with Gasteiger partial charge in [0.1, 0.15) is 5.75 Å². The lowest BCUT2D eigenvalue weighted by Gasteiger charge is -2.05. The summed E-state index contributed by atoms with van der Waals surface area (Å²) in [5, 5.41) is 9.13. The van der Waals surface area contributed by atoms with E-state index in [9.17, 15) is 4.79 Å². The van der Waals surface area contributed by atoms with Crippen LogP contribution in [0.4, 0.5) is 0 Å². The molecule has 0 spiro atoms. The zero-order valence-corrected chi connectivity index (χ0v) is 12.8. The number of carbonyl (C=O) groups is 1. The minimum absolute atomic E-state index is 0.298. The summed E-state index contributed by atoms with van der Waals surface area (Å²) in [6.45, 7) is 2.51. The number of hydrogen-bond donors (Lipinski definition) is 1. The van der Waals surface area contributed by atoms with Gasteiger partial charge in [0, 0.05) is 15.5 Å². The lowest BCUT2D eigenvalue weighted by atomic mass is 10.3. The molecule has 106 valence electrons. The molecule has 1 heterocycles. The molecular weight excluding hydrogens is 292 g/mol. The third kappa shape index (κ3) is 4.02. The van der Waals surface area contributed by atoms with E-state index < -0.39 is 5.97 Å². The quantitative estimate of drug-likeness (QED) is 0.615. The maximum absolute atomic E-state index is 11.1. The molecule has 0 aliphatic heterocycles. The maximum atomic E-state index is 11.1. The Balaban J connectivity index is 1.87. The van der Waals surface area contributed by atoms with Gasteiger partial charge >= 0.3 is 5.97 Å². The third-order valence-electron chi connectivity index (χ3n) is 2.64. The van der Waals surface area contributed by atoms with Crippen molar-refractivity contribution in [3.05, 3.63) is 46.2 Å². The summed E-state index contributed by atoms with van der Waals surface area (Å²) in [6.07, 6.45) is 0.826. The van der Waals surface area contributed by atoms with Gasteiger partial charge in [0.25, 0.3) is 0 Å². The number of thiophene rings is 1. The van der Waals surface area contributed by atoms with Gasteiger partial charge in [-0.05, 0) is 24.6 Å². The summed E-state index contributed by atoms with van der Waals surface area (Å²) in [4.78, 5) is 13.7. The van der Waals surface area contributed by atoms with Crippen LogP contribution >= 0.6 is 23.1 Å². The topological polar surface area (TPSA) is 46.5 Å². The average molecular weight is 308 g/mol. The van der Waals surface area contributed by atoms with Gasteiger partial charge < -0.3 is 9.84 Å². The SMILES string of the molecule is CCc1cc(OCCSc2ccccc2)c(C(=O)O)s1. The number of rotatable bonds is 7. The van der Waals surface area contributed by atoms with Gasteiger partial charge in [-0.2, -0.15) is 0 Å². The normalized spacial score (nSPS) is 10.4. The molecule has 0 fully saturated rings. The van der Waals surface area contributed by atoms with Gasteiger partial charge in [0.2, 0.25) is 0 Å². The van der Waals surface area contributed by atoms with Crippen molar-refractivity contribution >= 4 is 29.1 Å². The van der Waals surface area contributed by atoms with E-state index in [0.29, 0.717) is 17.2 Å². The fraction of sp³-hybridized carbons (Fsp3) is 0.267. The van der Waals surface area contributed by atoms with Gasteiger partial charge in [-0.25, -0.2) is 4.79 Å². The van der Waals surface area contributed by atoms with E-state index >= 15 is 0 Å². The summed E-state index contributed by atoms with van der Waals surface area (Å²) in [6, 6.07) is 11.9. The number of carboxylic acids is 1. The maximum Gasteiger partial charge on any atom is 0.349 e. The van der Waals surface area contributed by atoms with E-state index in [-0.39, 0.29) is 0 Å². The molecule has 0 saturated carbocycles. The van der Waals surface area contributed by atoms with Gasteiger partial charge in [-0.3, -0.25) is 0 Å². The van der Waals surface area contributed by atoms with Gasteiger partial charge in [0.05, 0.1) is 6.61 Å². The highest BCUT2D eigenvalue weighted by atomic mass is 32.2. The van der Waals surface area contributed by atoms with Crippen molar-refractivity contribution in [2.24, 2.45) is 0 Å². The van der Waals surface area contributed by atoms with Crippen LogP contribution in [0.25, 0.3) is 0 Å². The van der Waals surface area contributed by atoms with E-state index in [4.69, 9.17) is 9.84 Å². The molecule has 1 N–H and O–H groups in total. The molecule has 0 unspecified atom stereocenters. The van der Waals surface area contributed by atoms with Crippen molar-refractivity contribution in [2.45, 2.75) is 18.2 Å². The molecule has 0 aliphatic rings. The molecule has 5 heteroatoms. The second kappa shape index (κ2) is 7.36. The summed E-state index contributed by atoms with van der Waals surface area (Å²) < 4.78 is 5.61. The number of carboxylic acid groups (broad SMARTS) is 1. The average Bonchev–Trinajstić information content (AvgIpc) is 2.88. The highest BCUT2D eigenvalue weighted by Crippen LogP contribution is 2.30. The van der Waals surface area contributed by atoms with Crippen LogP contribution in [-0.2, 0) is 6.42 Å². The van der Waals surface area contributed by atoms with Crippen molar-refractivity contribution in [1.82, 2.24) is 0 Å². The largest absolute Gasteiger partial charge is 0.491 e. The molecular formula is C15H16O3S2. The van der Waals surface area contributed by atoms with Crippen LogP contribution < -0.4 is 4.74 Å². The summed E-state index contributed by atoms with van der Waals surface area (Å²) >= 11 is 2.99. The van der Waals surface area contributed by atoms with Crippen LogP contribution in [0.2, 0.25) is 0 Å². The summed E-state index contributed by atoms with van der Waals surface area (Å²) in [5.74, 6) is 0.369. The molecule has 2 rings (SSSR count). The first-order chi connectivity index (χ1) is 9.70. The van der Waals surface area contributed by atoms with Gasteiger partial charge in [0.15, 0.2) is 4.88 Å². The Kier molecular flexibility index (Phi) is 5.49. The first-order valence-electron chi connectivity index (χ1n) is 6.37. The summed E-state index contributed by atoms with van der Waals surface area (Å²) in [5.41, 5.74) is 0. The number of aryl methyl sites for hydroxylation is 1. The smallest absolute Gasteiger partial charge is 0.349 e. The lowest BCUT2D eigenvalue weighted by molar-refractivity contribution is 0.0698. The minimum Gasteiger partial charge on any atom is -0.491 e. The van der Waals surface area contributed by atoms with Crippen LogP contribution in [0.15, 0.2) is 41.3 Å². The molecule has 1 aromatic heterocycles. The lowest BCUT2D eigenvalue weighted by Crippen LogP contribution is -2.03. The Hall–Kier alpha value is -1.46. The Morgan fingerprint density at radius 2 is 2.10 bits per heavy atom. The third-order valence-corrected chi connectivity index (χ3v) is 4.87. The van der Waals surface area contributed by atoms with Crippen molar-refractivity contribution in [3.63, 3.8) is 0 Å². The number of benzene rings is 1. The predicted molar refractivity (Wildman–Crippen MR) is 83.3 cm³/mol. The van der Waals surface area contributed by atoms with E-state index in [1.54, 1.807) is 11.8 Å². The Morgan fingerprint density at radius 3 is 2.75 bits per heavy atom. The second-order valence-corrected chi connectivity index (χ2v) is 6.38. The molecule has 0 atom stereocenters. The molecule has 0 aliphatic carbocycles. The van der Waals surface area contributed by atoms with Crippen molar-refractivity contribution in [2.75, 3.05) is 12.4 Å². The number of aromatic carboxylic acids is 1. The highest BCUT2D eigenvalue weighted by molar-refractivity contribution is 7.99.